The Kier molecular flexibility index (Phi) is 2.73. The SMILES string of the molecule is Nc1cc(C(=O)C2=CCCC2)c(F)cc1F. The van der Waals surface area contributed by atoms with E-state index >= 15 is 0 Å². The summed E-state index contributed by atoms with van der Waals surface area (Å²) in [7, 11) is 0. The van der Waals surface area contributed by atoms with Gasteiger partial charge in [0, 0.05) is 6.07 Å². The van der Waals surface area contributed by atoms with E-state index in [1.54, 1.807) is 6.08 Å². The van der Waals surface area contributed by atoms with Gasteiger partial charge >= 0.3 is 0 Å². The lowest BCUT2D eigenvalue weighted by Crippen LogP contribution is -2.07. The molecule has 1 aliphatic rings. The summed E-state index contributed by atoms with van der Waals surface area (Å²) in [5.41, 5.74) is 5.55. The van der Waals surface area contributed by atoms with Crippen LogP contribution in [0, 0.1) is 11.6 Å². The van der Waals surface area contributed by atoms with Crippen LogP contribution >= 0.6 is 0 Å². The first kappa shape index (κ1) is 10.8. The molecular weight excluding hydrogens is 212 g/mol. The number of Topliss-reactive ketones (excluding diaryl/α,β-unsaturated/α-hetero) is 1. The summed E-state index contributed by atoms with van der Waals surface area (Å²) in [5.74, 6) is -2.08. The van der Waals surface area contributed by atoms with E-state index in [4.69, 9.17) is 5.73 Å². The number of carbonyl (C=O) groups excluding carboxylic acids is 1. The molecular formula is C12H11F2NO. The first-order chi connectivity index (χ1) is 7.59. The van der Waals surface area contributed by atoms with Crippen molar-refractivity contribution < 1.29 is 13.6 Å². The number of halogens is 2. The number of hydrogen-bond acceptors (Lipinski definition) is 2. The molecule has 0 unspecified atom stereocenters. The van der Waals surface area contributed by atoms with Crippen molar-refractivity contribution in [3.05, 3.63) is 41.0 Å². The molecule has 1 aromatic rings. The Bertz CT molecular complexity index is 480. The second-order valence-corrected chi connectivity index (χ2v) is 3.80. The molecule has 2 rings (SSSR count). The molecule has 0 spiro atoms. The van der Waals surface area contributed by atoms with Gasteiger partial charge in [-0.1, -0.05) is 6.08 Å². The summed E-state index contributed by atoms with van der Waals surface area (Å²) >= 11 is 0. The molecule has 0 bridgehead atoms. The fourth-order valence-electron chi connectivity index (χ4n) is 1.79. The molecule has 2 nitrogen and oxygen atoms in total. The number of anilines is 1. The van der Waals surface area contributed by atoms with Crippen molar-refractivity contribution in [3.63, 3.8) is 0 Å². The summed E-state index contributed by atoms with van der Waals surface area (Å²) in [6.45, 7) is 0. The van der Waals surface area contributed by atoms with Crippen molar-refractivity contribution in [2.75, 3.05) is 5.73 Å². The van der Waals surface area contributed by atoms with Gasteiger partial charge in [0.2, 0.25) is 0 Å². The first-order valence-electron chi connectivity index (χ1n) is 5.08. The van der Waals surface area contributed by atoms with Crippen LogP contribution in [0.3, 0.4) is 0 Å². The average Bonchev–Trinajstić information content (AvgIpc) is 2.75. The van der Waals surface area contributed by atoms with Crippen molar-refractivity contribution in [1.29, 1.82) is 0 Å². The van der Waals surface area contributed by atoms with Crippen LogP contribution in [0.2, 0.25) is 0 Å². The molecule has 0 radical (unpaired) electrons. The van der Waals surface area contributed by atoms with E-state index in [0.29, 0.717) is 18.1 Å². The molecule has 2 N–H and O–H groups in total. The van der Waals surface area contributed by atoms with Gasteiger partial charge in [0.1, 0.15) is 11.6 Å². The lowest BCUT2D eigenvalue weighted by atomic mass is 10.0. The highest BCUT2D eigenvalue weighted by molar-refractivity contribution is 6.09. The normalized spacial score (nSPS) is 15.0. The highest BCUT2D eigenvalue weighted by atomic mass is 19.1. The minimum absolute atomic E-state index is 0.146. The molecule has 0 atom stereocenters. The number of nitrogens with two attached hydrogens (primary N) is 1. The number of rotatable bonds is 2. The third-order valence-electron chi connectivity index (χ3n) is 2.66. The minimum atomic E-state index is -0.857. The van der Waals surface area contributed by atoms with E-state index in [1.807, 2.05) is 0 Å². The van der Waals surface area contributed by atoms with Crippen molar-refractivity contribution in [2.45, 2.75) is 19.3 Å². The number of benzene rings is 1. The summed E-state index contributed by atoms with van der Waals surface area (Å²) in [6.07, 6.45) is 4.18. The maximum Gasteiger partial charge on any atom is 0.191 e. The smallest absolute Gasteiger partial charge is 0.191 e. The Morgan fingerprint density at radius 3 is 2.62 bits per heavy atom. The van der Waals surface area contributed by atoms with Gasteiger partial charge in [0.25, 0.3) is 0 Å². The zero-order valence-electron chi connectivity index (χ0n) is 8.59. The molecule has 1 aliphatic carbocycles. The zero-order chi connectivity index (χ0) is 11.7. The Morgan fingerprint density at radius 2 is 2.00 bits per heavy atom. The van der Waals surface area contributed by atoms with E-state index < -0.39 is 11.6 Å². The highest BCUT2D eigenvalue weighted by Crippen LogP contribution is 2.25. The maximum atomic E-state index is 13.4. The number of nitrogen functional groups attached to an aromatic ring is 1. The fraction of sp³-hybridized carbons (Fsp3) is 0.250. The summed E-state index contributed by atoms with van der Waals surface area (Å²) < 4.78 is 26.3. The van der Waals surface area contributed by atoms with Gasteiger partial charge in [0.05, 0.1) is 11.3 Å². The molecule has 0 aromatic heterocycles. The third kappa shape index (κ3) is 1.83. The molecule has 0 amide bonds. The predicted octanol–water partition coefficient (Wildman–Crippen LogP) is 2.84. The summed E-state index contributed by atoms with van der Waals surface area (Å²) in [5, 5.41) is 0. The quantitative estimate of drug-likeness (QED) is 0.618. The predicted molar refractivity (Wildman–Crippen MR) is 57.0 cm³/mol. The van der Waals surface area contributed by atoms with E-state index in [-0.39, 0.29) is 17.0 Å². The van der Waals surface area contributed by atoms with Crippen LogP contribution in [-0.2, 0) is 0 Å². The average molecular weight is 223 g/mol. The molecule has 0 aliphatic heterocycles. The second kappa shape index (κ2) is 4.04. The molecule has 16 heavy (non-hydrogen) atoms. The van der Waals surface area contributed by atoms with Gasteiger partial charge < -0.3 is 5.73 Å². The van der Waals surface area contributed by atoms with Crippen molar-refractivity contribution >= 4 is 11.5 Å². The van der Waals surface area contributed by atoms with Crippen LogP contribution in [0.5, 0.6) is 0 Å². The van der Waals surface area contributed by atoms with Gasteiger partial charge in [-0.15, -0.1) is 0 Å². The lowest BCUT2D eigenvalue weighted by molar-refractivity contribution is 0.102. The fourth-order valence-corrected chi connectivity index (χ4v) is 1.79. The Morgan fingerprint density at radius 1 is 1.25 bits per heavy atom. The third-order valence-corrected chi connectivity index (χ3v) is 2.66. The monoisotopic (exact) mass is 223 g/mol. The Balaban J connectivity index is 2.40. The van der Waals surface area contributed by atoms with Gasteiger partial charge in [0.15, 0.2) is 5.78 Å². The molecule has 0 fully saturated rings. The summed E-state index contributed by atoms with van der Waals surface area (Å²) in [6, 6.07) is 1.71. The first-order valence-corrected chi connectivity index (χ1v) is 5.08. The van der Waals surface area contributed by atoms with Crippen LogP contribution in [0.25, 0.3) is 0 Å². The second-order valence-electron chi connectivity index (χ2n) is 3.80. The lowest BCUT2D eigenvalue weighted by Gasteiger charge is -2.05. The van der Waals surface area contributed by atoms with Crippen molar-refractivity contribution in [1.82, 2.24) is 0 Å². The summed E-state index contributed by atoms with van der Waals surface area (Å²) in [4.78, 5) is 11.8. The van der Waals surface area contributed by atoms with Gasteiger partial charge in [-0.25, -0.2) is 8.78 Å². The molecule has 1 aromatic carbocycles. The Hall–Kier alpha value is -1.71. The molecule has 0 heterocycles. The van der Waals surface area contributed by atoms with Crippen LogP contribution in [0.4, 0.5) is 14.5 Å². The number of ketones is 1. The molecule has 84 valence electrons. The molecule has 4 heteroatoms. The van der Waals surface area contributed by atoms with Crippen LogP contribution in [0.15, 0.2) is 23.8 Å². The standard InChI is InChI=1S/C12H11F2NO/c13-9-6-10(14)11(15)5-8(9)12(16)7-3-1-2-4-7/h3,5-6H,1-2,4,15H2. The van der Waals surface area contributed by atoms with E-state index in [9.17, 15) is 13.6 Å². The van der Waals surface area contributed by atoms with Gasteiger partial charge in [-0.2, -0.15) is 0 Å². The van der Waals surface area contributed by atoms with Crippen molar-refractivity contribution in [3.8, 4) is 0 Å². The highest BCUT2D eigenvalue weighted by Gasteiger charge is 2.20. The zero-order valence-corrected chi connectivity index (χ0v) is 8.59. The maximum absolute atomic E-state index is 13.4. The topological polar surface area (TPSA) is 43.1 Å². The largest absolute Gasteiger partial charge is 0.396 e. The van der Waals surface area contributed by atoms with Crippen molar-refractivity contribution in [2.24, 2.45) is 0 Å². The van der Waals surface area contributed by atoms with Crippen LogP contribution in [-0.4, -0.2) is 5.78 Å². The molecule has 0 saturated heterocycles. The van der Waals surface area contributed by atoms with Gasteiger partial charge in [-0.3, -0.25) is 4.79 Å². The van der Waals surface area contributed by atoms with E-state index in [0.717, 1.165) is 18.9 Å². The van der Waals surface area contributed by atoms with E-state index in [2.05, 4.69) is 0 Å². The number of allylic oxidation sites excluding steroid dienone is 2. The van der Waals surface area contributed by atoms with E-state index in [1.165, 1.54) is 0 Å². The van der Waals surface area contributed by atoms with Crippen LogP contribution in [0.1, 0.15) is 29.6 Å². The number of hydrogen-bond donors (Lipinski definition) is 1. The molecule has 0 saturated carbocycles. The van der Waals surface area contributed by atoms with Crippen LogP contribution < -0.4 is 5.73 Å². The minimum Gasteiger partial charge on any atom is -0.396 e. The Labute approximate surface area is 91.8 Å². The number of carbonyl (C=O) groups is 1. The van der Waals surface area contributed by atoms with Gasteiger partial charge in [-0.05, 0) is 30.9 Å².